The Kier molecular flexibility index (Phi) is 3.89. The summed E-state index contributed by atoms with van der Waals surface area (Å²) in [5, 5.41) is 2.97. The molecule has 3 fully saturated rings. The van der Waals surface area contributed by atoms with Crippen LogP contribution in [-0.4, -0.2) is 32.8 Å². The van der Waals surface area contributed by atoms with E-state index in [4.69, 9.17) is 0 Å². The zero-order valence-corrected chi connectivity index (χ0v) is 12.6. The van der Waals surface area contributed by atoms with Crippen molar-refractivity contribution in [3.63, 3.8) is 0 Å². The van der Waals surface area contributed by atoms with E-state index in [2.05, 4.69) is 10.0 Å². The average molecular weight is 286 g/mol. The van der Waals surface area contributed by atoms with Crippen molar-refractivity contribution >= 4 is 10.0 Å². The van der Waals surface area contributed by atoms with Gasteiger partial charge in [-0.3, -0.25) is 0 Å². The first-order valence-corrected chi connectivity index (χ1v) is 9.31. The van der Waals surface area contributed by atoms with Gasteiger partial charge in [0, 0.05) is 19.1 Å². The van der Waals surface area contributed by atoms with E-state index in [1.54, 1.807) is 6.92 Å². The van der Waals surface area contributed by atoms with E-state index in [1.165, 1.54) is 38.5 Å². The van der Waals surface area contributed by atoms with E-state index in [9.17, 15) is 8.42 Å². The van der Waals surface area contributed by atoms with Crippen LogP contribution in [-0.2, 0) is 10.0 Å². The number of sulfonamides is 1. The van der Waals surface area contributed by atoms with Crippen LogP contribution in [0.1, 0.15) is 45.4 Å². The molecule has 110 valence electrons. The lowest BCUT2D eigenvalue weighted by molar-refractivity contribution is 0.332. The normalized spacial score (nSPS) is 35.7. The molecule has 4 unspecified atom stereocenters. The summed E-state index contributed by atoms with van der Waals surface area (Å²) < 4.78 is 27.2. The van der Waals surface area contributed by atoms with Crippen LogP contribution in [0.2, 0.25) is 0 Å². The Balaban J connectivity index is 1.44. The van der Waals surface area contributed by atoms with Gasteiger partial charge in [0.2, 0.25) is 10.0 Å². The van der Waals surface area contributed by atoms with Crippen molar-refractivity contribution < 1.29 is 8.42 Å². The van der Waals surface area contributed by atoms with Gasteiger partial charge in [-0.1, -0.05) is 6.42 Å². The van der Waals surface area contributed by atoms with Gasteiger partial charge < -0.3 is 5.32 Å². The van der Waals surface area contributed by atoms with Crippen LogP contribution in [0, 0.1) is 17.8 Å². The van der Waals surface area contributed by atoms with Crippen molar-refractivity contribution in [2.45, 2.75) is 56.7 Å². The molecule has 0 saturated heterocycles. The number of nitrogens with one attached hydrogen (secondary N) is 2. The van der Waals surface area contributed by atoms with Gasteiger partial charge in [0.1, 0.15) is 0 Å². The molecule has 3 aliphatic rings. The molecular weight excluding hydrogens is 260 g/mol. The average Bonchev–Trinajstić information content (AvgIpc) is 2.98. The molecule has 4 atom stereocenters. The molecule has 3 rings (SSSR count). The molecule has 0 radical (unpaired) electrons. The Bertz CT molecular complexity index is 419. The Morgan fingerprint density at radius 3 is 2.53 bits per heavy atom. The number of rotatable bonds is 7. The lowest BCUT2D eigenvalue weighted by Crippen LogP contribution is -2.41. The highest BCUT2D eigenvalue weighted by molar-refractivity contribution is 7.90. The first-order chi connectivity index (χ1) is 9.04. The van der Waals surface area contributed by atoms with Crippen LogP contribution < -0.4 is 10.0 Å². The highest BCUT2D eigenvalue weighted by atomic mass is 32.2. The molecule has 0 aromatic rings. The molecule has 0 heterocycles. The fourth-order valence-electron chi connectivity index (χ4n) is 3.72. The van der Waals surface area contributed by atoms with Crippen molar-refractivity contribution in [3.8, 4) is 0 Å². The summed E-state index contributed by atoms with van der Waals surface area (Å²) in [6.07, 6.45) is 7.66. The van der Waals surface area contributed by atoms with Gasteiger partial charge in [0.25, 0.3) is 0 Å². The molecular formula is C14H26N2O2S. The Morgan fingerprint density at radius 1 is 1.16 bits per heavy atom. The van der Waals surface area contributed by atoms with E-state index in [0.717, 1.165) is 11.8 Å². The third kappa shape index (κ3) is 3.31. The van der Waals surface area contributed by atoms with Crippen molar-refractivity contribution in [1.82, 2.24) is 10.0 Å². The predicted octanol–water partition coefficient (Wildman–Crippen LogP) is 1.48. The number of fused-ring (bicyclic) bond motifs is 2. The van der Waals surface area contributed by atoms with Crippen LogP contribution in [0.25, 0.3) is 0 Å². The first-order valence-electron chi connectivity index (χ1n) is 7.76. The fourth-order valence-corrected chi connectivity index (χ4v) is 4.77. The van der Waals surface area contributed by atoms with Gasteiger partial charge in [0.15, 0.2) is 0 Å². The topological polar surface area (TPSA) is 58.2 Å². The Labute approximate surface area is 116 Å². The minimum atomic E-state index is -3.14. The maximum Gasteiger partial charge on any atom is 0.215 e. The molecule has 4 nitrogen and oxygen atoms in total. The molecule has 2 bridgehead atoms. The summed E-state index contributed by atoms with van der Waals surface area (Å²) in [7, 11) is -3.14. The number of hydrogen-bond acceptors (Lipinski definition) is 3. The molecule has 3 saturated carbocycles. The zero-order chi connectivity index (χ0) is 13.5. The summed E-state index contributed by atoms with van der Waals surface area (Å²) in [5.41, 5.74) is 0. The van der Waals surface area contributed by atoms with E-state index >= 15 is 0 Å². The fraction of sp³-hybridized carbons (Fsp3) is 1.00. The van der Waals surface area contributed by atoms with E-state index in [-0.39, 0.29) is 5.25 Å². The summed E-state index contributed by atoms with van der Waals surface area (Å²) in [4.78, 5) is 0. The van der Waals surface area contributed by atoms with Crippen molar-refractivity contribution in [2.24, 2.45) is 17.8 Å². The van der Waals surface area contributed by atoms with Crippen LogP contribution >= 0.6 is 0 Å². The van der Waals surface area contributed by atoms with Crippen LogP contribution in [0.15, 0.2) is 0 Å². The molecule has 0 amide bonds. The zero-order valence-electron chi connectivity index (χ0n) is 11.8. The lowest BCUT2D eigenvalue weighted by Gasteiger charge is -2.23. The third-order valence-electron chi connectivity index (χ3n) is 5.23. The molecule has 3 aliphatic carbocycles. The van der Waals surface area contributed by atoms with Gasteiger partial charge in [0.05, 0.1) is 5.25 Å². The molecule has 0 aliphatic heterocycles. The van der Waals surface area contributed by atoms with E-state index in [0.29, 0.717) is 25.0 Å². The second-order valence-corrected chi connectivity index (χ2v) is 9.00. The minimum Gasteiger partial charge on any atom is -0.313 e. The molecule has 19 heavy (non-hydrogen) atoms. The van der Waals surface area contributed by atoms with Crippen molar-refractivity contribution in [2.75, 3.05) is 13.1 Å². The highest BCUT2D eigenvalue weighted by Crippen LogP contribution is 2.47. The quantitative estimate of drug-likeness (QED) is 0.745. The summed E-state index contributed by atoms with van der Waals surface area (Å²) in [6.45, 7) is 3.05. The first kappa shape index (κ1) is 13.8. The minimum absolute atomic E-state index is 0.327. The maximum atomic E-state index is 12.2. The van der Waals surface area contributed by atoms with Gasteiger partial charge in [-0.15, -0.1) is 0 Å². The van der Waals surface area contributed by atoms with Gasteiger partial charge in [-0.05, 0) is 56.8 Å². The molecule has 0 spiro atoms. The van der Waals surface area contributed by atoms with Crippen LogP contribution in [0.5, 0.6) is 0 Å². The standard InChI is InChI=1S/C14H26N2O2S/c1-10(8-15-14-4-5-14)19(17,18)16-9-13-7-11-2-3-12(13)6-11/h10-16H,2-9H2,1H3. The van der Waals surface area contributed by atoms with Crippen molar-refractivity contribution in [3.05, 3.63) is 0 Å². The number of hydrogen-bond donors (Lipinski definition) is 2. The smallest absolute Gasteiger partial charge is 0.215 e. The van der Waals surface area contributed by atoms with Gasteiger partial charge in [-0.2, -0.15) is 0 Å². The maximum absolute atomic E-state index is 12.2. The predicted molar refractivity (Wildman–Crippen MR) is 76.3 cm³/mol. The highest BCUT2D eigenvalue weighted by Gasteiger charge is 2.39. The van der Waals surface area contributed by atoms with Gasteiger partial charge in [-0.25, -0.2) is 13.1 Å². The second-order valence-electron chi connectivity index (χ2n) is 6.82. The third-order valence-corrected chi connectivity index (χ3v) is 7.03. The molecule has 0 aromatic carbocycles. The largest absolute Gasteiger partial charge is 0.313 e. The lowest BCUT2D eigenvalue weighted by atomic mass is 9.89. The molecule has 0 aromatic heterocycles. The molecule has 2 N–H and O–H groups in total. The summed E-state index contributed by atoms with van der Waals surface area (Å²) in [5.74, 6) is 2.26. The summed E-state index contributed by atoms with van der Waals surface area (Å²) in [6, 6.07) is 0.572. The van der Waals surface area contributed by atoms with E-state index < -0.39 is 10.0 Å². The Morgan fingerprint density at radius 2 is 1.95 bits per heavy atom. The Hall–Kier alpha value is -0.130. The monoisotopic (exact) mass is 286 g/mol. The summed E-state index contributed by atoms with van der Waals surface area (Å²) >= 11 is 0. The van der Waals surface area contributed by atoms with E-state index in [1.807, 2.05) is 0 Å². The van der Waals surface area contributed by atoms with Crippen LogP contribution in [0.3, 0.4) is 0 Å². The second kappa shape index (κ2) is 5.34. The SMILES string of the molecule is CC(CNC1CC1)S(=O)(=O)NCC1CC2CCC1C2. The van der Waals surface area contributed by atoms with Crippen LogP contribution in [0.4, 0.5) is 0 Å². The molecule has 5 heteroatoms. The van der Waals surface area contributed by atoms with Gasteiger partial charge >= 0.3 is 0 Å². The van der Waals surface area contributed by atoms with Crippen molar-refractivity contribution in [1.29, 1.82) is 0 Å².